The standard InChI is InChI=1S/C27H32O4/c1-21-9-8-11-25(27(21)31-20-7-5-18-29)23-15-13-22(14-16-23)24-10-2-3-12-26(24)30-19-6-4-17-28/h2-3,8-16,28-29H,4-7,17-20H2,1H3. The van der Waals surface area contributed by atoms with E-state index in [-0.39, 0.29) is 13.2 Å². The smallest absolute Gasteiger partial charge is 0.130 e. The molecule has 2 N–H and O–H groups in total. The molecule has 164 valence electrons. The molecule has 0 aliphatic rings. The van der Waals surface area contributed by atoms with E-state index in [2.05, 4.69) is 55.5 Å². The summed E-state index contributed by atoms with van der Waals surface area (Å²) in [5, 5.41) is 17.9. The van der Waals surface area contributed by atoms with Crippen LogP contribution >= 0.6 is 0 Å². The van der Waals surface area contributed by atoms with Crippen molar-refractivity contribution in [1.29, 1.82) is 0 Å². The van der Waals surface area contributed by atoms with Gasteiger partial charge in [0, 0.05) is 24.3 Å². The maximum absolute atomic E-state index is 8.99. The Balaban J connectivity index is 1.79. The zero-order valence-corrected chi connectivity index (χ0v) is 18.2. The maximum atomic E-state index is 8.99. The van der Waals surface area contributed by atoms with Crippen molar-refractivity contribution in [3.8, 4) is 33.8 Å². The monoisotopic (exact) mass is 420 g/mol. The Morgan fingerprint density at radius 3 is 1.87 bits per heavy atom. The van der Waals surface area contributed by atoms with Gasteiger partial charge >= 0.3 is 0 Å². The molecule has 3 aromatic rings. The number of hydrogen-bond acceptors (Lipinski definition) is 4. The molecular weight excluding hydrogens is 388 g/mol. The molecular formula is C27H32O4. The number of unbranched alkanes of at least 4 members (excludes halogenated alkanes) is 2. The first-order valence-electron chi connectivity index (χ1n) is 11.0. The van der Waals surface area contributed by atoms with E-state index in [9.17, 15) is 0 Å². The minimum absolute atomic E-state index is 0.193. The van der Waals surface area contributed by atoms with Crippen LogP contribution in [0.2, 0.25) is 0 Å². The quantitative estimate of drug-likeness (QED) is 0.373. The van der Waals surface area contributed by atoms with E-state index < -0.39 is 0 Å². The molecule has 3 aromatic carbocycles. The molecule has 31 heavy (non-hydrogen) atoms. The molecule has 0 radical (unpaired) electrons. The minimum atomic E-state index is 0.193. The van der Waals surface area contributed by atoms with Crippen LogP contribution in [0.3, 0.4) is 0 Å². The highest BCUT2D eigenvalue weighted by molar-refractivity contribution is 5.77. The van der Waals surface area contributed by atoms with Crippen molar-refractivity contribution < 1.29 is 19.7 Å². The van der Waals surface area contributed by atoms with Crippen molar-refractivity contribution in [3.63, 3.8) is 0 Å². The molecule has 4 nitrogen and oxygen atoms in total. The van der Waals surface area contributed by atoms with Crippen molar-refractivity contribution in [2.24, 2.45) is 0 Å². The third kappa shape index (κ3) is 6.33. The van der Waals surface area contributed by atoms with Crippen molar-refractivity contribution in [2.45, 2.75) is 32.6 Å². The molecule has 0 unspecified atom stereocenters. The van der Waals surface area contributed by atoms with Crippen LogP contribution in [0.25, 0.3) is 22.3 Å². The van der Waals surface area contributed by atoms with Crippen LogP contribution in [0.4, 0.5) is 0 Å². The van der Waals surface area contributed by atoms with Gasteiger partial charge < -0.3 is 19.7 Å². The van der Waals surface area contributed by atoms with Gasteiger partial charge in [-0.2, -0.15) is 0 Å². The molecule has 0 fully saturated rings. The molecule has 4 heteroatoms. The van der Waals surface area contributed by atoms with Gasteiger partial charge in [0.15, 0.2) is 0 Å². The van der Waals surface area contributed by atoms with Gasteiger partial charge in [-0.25, -0.2) is 0 Å². The fourth-order valence-electron chi connectivity index (χ4n) is 3.52. The van der Waals surface area contributed by atoms with Crippen LogP contribution in [0.1, 0.15) is 31.2 Å². The van der Waals surface area contributed by atoms with E-state index in [1.807, 2.05) is 18.2 Å². The molecule has 0 aliphatic heterocycles. The van der Waals surface area contributed by atoms with Crippen LogP contribution in [-0.2, 0) is 0 Å². The number of aliphatic hydroxyl groups is 2. The first-order valence-corrected chi connectivity index (χ1v) is 11.0. The second kappa shape index (κ2) is 12.1. The third-order valence-electron chi connectivity index (χ3n) is 5.21. The molecule has 0 saturated carbocycles. The molecule has 0 aliphatic carbocycles. The van der Waals surface area contributed by atoms with Crippen molar-refractivity contribution in [1.82, 2.24) is 0 Å². The maximum Gasteiger partial charge on any atom is 0.130 e. The number of aryl methyl sites for hydroxylation is 1. The number of benzene rings is 3. The average molecular weight is 421 g/mol. The predicted octanol–water partition coefficient (Wildman–Crippen LogP) is 5.63. The predicted molar refractivity (Wildman–Crippen MR) is 126 cm³/mol. The molecule has 0 amide bonds. The van der Waals surface area contributed by atoms with Gasteiger partial charge in [0.05, 0.1) is 13.2 Å². The lowest BCUT2D eigenvalue weighted by Gasteiger charge is -2.15. The van der Waals surface area contributed by atoms with Crippen LogP contribution < -0.4 is 9.47 Å². The van der Waals surface area contributed by atoms with Crippen molar-refractivity contribution in [3.05, 3.63) is 72.3 Å². The number of aliphatic hydroxyl groups excluding tert-OH is 2. The Morgan fingerprint density at radius 1 is 0.613 bits per heavy atom. The normalized spacial score (nSPS) is 10.8. The summed E-state index contributed by atoms with van der Waals surface area (Å²) in [4.78, 5) is 0. The molecule has 0 atom stereocenters. The topological polar surface area (TPSA) is 58.9 Å². The Bertz CT molecular complexity index is 934. The molecule has 0 bridgehead atoms. The fourth-order valence-corrected chi connectivity index (χ4v) is 3.52. The molecule has 0 spiro atoms. The van der Waals surface area contributed by atoms with Gasteiger partial charge in [-0.05, 0) is 55.4 Å². The Morgan fingerprint density at radius 2 is 1.19 bits per heavy atom. The fraction of sp³-hybridized carbons (Fsp3) is 0.333. The minimum Gasteiger partial charge on any atom is -0.493 e. The van der Waals surface area contributed by atoms with Crippen LogP contribution in [0.15, 0.2) is 66.7 Å². The van der Waals surface area contributed by atoms with Gasteiger partial charge in [-0.15, -0.1) is 0 Å². The highest BCUT2D eigenvalue weighted by atomic mass is 16.5. The first kappa shape index (κ1) is 22.9. The summed E-state index contributed by atoms with van der Waals surface area (Å²) in [5.41, 5.74) is 5.43. The summed E-state index contributed by atoms with van der Waals surface area (Å²) < 4.78 is 12.0. The van der Waals surface area contributed by atoms with E-state index in [0.29, 0.717) is 13.2 Å². The summed E-state index contributed by atoms with van der Waals surface area (Å²) >= 11 is 0. The average Bonchev–Trinajstić information content (AvgIpc) is 2.81. The van der Waals surface area contributed by atoms with Gasteiger partial charge in [0.1, 0.15) is 11.5 Å². The lowest BCUT2D eigenvalue weighted by atomic mass is 9.98. The van der Waals surface area contributed by atoms with Crippen molar-refractivity contribution in [2.75, 3.05) is 26.4 Å². The summed E-state index contributed by atoms with van der Waals surface area (Å²) in [6.45, 7) is 3.63. The van der Waals surface area contributed by atoms with Gasteiger partial charge in [-0.3, -0.25) is 0 Å². The van der Waals surface area contributed by atoms with E-state index in [1.165, 1.54) is 0 Å². The summed E-state index contributed by atoms with van der Waals surface area (Å²) in [5.74, 6) is 1.76. The Labute approximate surface area is 185 Å². The van der Waals surface area contributed by atoms with Crippen molar-refractivity contribution >= 4 is 0 Å². The number of hydrogen-bond donors (Lipinski definition) is 2. The van der Waals surface area contributed by atoms with E-state index in [1.54, 1.807) is 0 Å². The molecule has 3 rings (SSSR count). The molecule has 0 saturated heterocycles. The van der Waals surface area contributed by atoms with Gasteiger partial charge in [0.2, 0.25) is 0 Å². The summed E-state index contributed by atoms with van der Waals surface area (Å²) in [6, 6.07) is 22.7. The van der Waals surface area contributed by atoms with Crippen LogP contribution in [0.5, 0.6) is 11.5 Å². The zero-order valence-electron chi connectivity index (χ0n) is 18.2. The third-order valence-corrected chi connectivity index (χ3v) is 5.21. The number of rotatable bonds is 12. The van der Waals surface area contributed by atoms with Gasteiger partial charge in [-0.1, -0.05) is 60.7 Å². The first-order chi connectivity index (χ1) is 15.2. The van der Waals surface area contributed by atoms with E-state index in [0.717, 1.165) is 65.0 Å². The summed E-state index contributed by atoms with van der Waals surface area (Å²) in [7, 11) is 0. The largest absolute Gasteiger partial charge is 0.493 e. The highest BCUT2D eigenvalue weighted by Gasteiger charge is 2.11. The van der Waals surface area contributed by atoms with E-state index in [4.69, 9.17) is 19.7 Å². The lowest BCUT2D eigenvalue weighted by molar-refractivity contribution is 0.253. The zero-order chi connectivity index (χ0) is 21.9. The number of para-hydroxylation sites is 2. The van der Waals surface area contributed by atoms with Crippen LogP contribution in [0, 0.1) is 6.92 Å². The number of ether oxygens (including phenoxy) is 2. The van der Waals surface area contributed by atoms with E-state index >= 15 is 0 Å². The Kier molecular flexibility index (Phi) is 8.95. The second-order valence-electron chi connectivity index (χ2n) is 7.58. The summed E-state index contributed by atoms with van der Waals surface area (Å²) in [6.07, 6.45) is 3.16. The van der Waals surface area contributed by atoms with Crippen LogP contribution in [-0.4, -0.2) is 36.6 Å². The lowest BCUT2D eigenvalue weighted by Crippen LogP contribution is -2.01. The highest BCUT2D eigenvalue weighted by Crippen LogP contribution is 2.36. The Hall–Kier alpha value is -2.82. The molecule has 0 aromatic heterocycles. The van der Waals surface area contributed by atoms with Gasteiger partial charge in [0.25, 0.3) is 0 Å². The SMILES string of the molecule is Cc1cccc(-c2ccc(-c3ccccc3OCCCCO)cc2)c1OCCCCO. The molecule has 0 heterocycles. The second-order valence-corrected chi connectivity index (χ2v) is 7.58.